The Morgan fingerprint density at radius 2 is 1.84 bits per heavy atom. The number of piperidine rings is 1. The van der Waals surface area contributed by atoms with Crippen LogP contribution in [-0.2, 0) is 40.4 Å². The second-order valence-electron chi connectivity index (χ2n) is 13.7. The number of hydrogen-bond donors (Lipinski definition) is 1. The second kappa shape index (κ2) is 10.7. The number of rotatable bonds is 7. The van der Waals surface area contributed by atoms with E-state index in [9.17, 15) is 19.5 Å². The van der Waals surface area contributed by atoms with E-state index in [1.165, 1.54) is 0 Å². The van der Waals surface area contributed by atoms with Crippen LogP contribution in [0.3, 0.4) is 0 Å². The Labute approximate surface area is 258 Å². The number of aliphatic hydroxyl groups is 1. The van der Waals surface area contributed by atoms with Crippen molar-refractivity contribution in [3.63, 3.8) is 0 Å². The Morgan fingerprint density at radius 3 is 2.55 bits per heavy atom. The van der Waals surface area contributed by atoms with E-state index in [0.717, 1.165) is 29.0 Å². The van der Waals surface area contributed by atoms with Crippen molar-refractivity contribution in [2.24, 2.45) is 5.92 Å². The third-order valence-electron chi connectivity index (χ3n) is 9.64. The van der Waals surface area contributed by atoms with Gasteiger partial charge in [-0.05, 0) is 71.3 Å². The molecule has 0 radical (unpaired) electrons. The topological polar surface area (TPSA) is 112 Å². The monoisotopic (exact) mass is 603 g/mol. The van der Waals surface area contributed by atoms with Gasteiger partial charge in [-0.2, -0.15) is 0 Å². The van der Waals surface area contributed by atoms with Crippen LogP contribution in [0.4, 0.5) is 0 Å². The number of hydrogen-bond acceptors (Lipinski definition) is 9. The van der Waals surface area contributed by atoms with Crippen molar-refractivity contribution in [2.45, 2.75) is 95.2 Å². The van der Waals surface area contributed by atoms with Crippen molar-refractivity contribution < 1.29 is 38.4 Å². The molecule has 4 aliphatic rings. The number of likely N-dealkylation sites (N-methyl/N-ethyl adjacent to an activating group) is 1. The van der Waals surface area contributed by atoms with Crippen molar-refractivity contribution in [1.82, 2.24) is 4.90 Å². The summed E-state index contributed by atoms with van der Waals surface area (Å²) in [6.07, 6.45) is 1.06. The van der Waals surface area contributed by atoms with Crippen LogP contribution in [0, 0.1) is 12.8 Å². The summed E-state index contributed by atoms with van der Waals surface area (Å²) in [6, 6.07) is 12.7. The standard InChI is InChI=1S/C35H41NO8/c1-20-12-13-23-19-25-35(40)15-14-24(30-34(35,16-17-36(25)6)27(23)28(20)43-30)41-32(39)29(22-10-8-7-9-11-22)42-26(37)18-21(2)31(38)44-33(3,4)5/h7-14,21,25,29-30,40H,15-19H2,1-6H3/t21-,25+,29-,30-,34-,35+/m0/s1. The molecule has 0 unspecified atom stereocenters. The Balaban J connectivity index is 1.28. The van der Waals surface area contributed by atoms with Gasteiger partial charge in [-0.15, -0.1) is 0 Å². The molecule has 9 heteroatoms. The van der Waals surface area contributed by atoms with Crippen molar-refractivity contribution in [1.29, 1.82) is 0 Å². The maximum absolute atomic E-state index is 13.9. The van der Waals surface area contributed by atoms with Gasteiger partial charge in [-0.3, -0.25) is 9.59 Å². The van der Waals surface area contributed by atoms with Gasteiger partial charge in [0.25, 0.3) is 0 Å². The number of benzene rings is 2. The fourth-order valence-corrected chi connectivity index (χ4v) is 7.55. The lowest BCUT2D eigenvalue weighted by atomic mass is 9.50. The molecule has 2 aliphatic heterocycles. The Bertz CT molecular complexity index is 1530. The fourth-order valence-electron chi connectivity index (χ4n) is 7.55. The molecular weight excluding hydrogens is 562 g/mol. The lowest BCUT2D eigenvalue weighted by Crippen LogP contribution is -2.74. The summed E-state index contributed by atoms with van der Waals surface area (Å²) >= 11 is 0. The van der Waals surface area contributed by atoms with Gasteiger partial charge in [0.05, 0.1) is 23.4 Å². The SMILES string of the molecule is Cc1ccc2c3c1O[C@H]1C(OC(=O)[C@@H](OC(=O)C[C@H](C)C(=O)OC(C)(C)C)c4ccccc4)=CC[C@@]4(O)[C@@H](C2)N(C)CC[C@]314. The molecule has 44 heavy (non-hydrogen) atoms. The summed E-state index contributed by atoms with van der Waals surface area (Å²) < 4.78 is 23.8. The summed E-state index contributed by atoms with van der Waals surface area (Å²) in [6.45, 7) is 9.61. The van der Waals surface area contributed by atoms with E-state index in [0.29, 0.717) is 30.6 Å². The molecule has 1 spiro atoms. The third kappa shape index (κ3) is 4.81. The first-order chi connectivity index (χ1) is 20.7. The highest BCUT2D eigenvalue weighted by atomic mass is 16.6. The average Bonchev–Trinajstić information content (AvgIpc) is 3.32. The number of carbonyl (C=O) groups excluding carboxylic acids is 3. The summed E-state index contributed by atoms with van der Waals surface area (Å²) in [5, 5.41) is 12.4. The van der Waals surface area contributed by atoms with E-state index in [2.05, 4.69) is 11.0 Å². The summed E-state index contributed by atoms with van der Waals surface area (Å²) in [7, 11) is 2.04. The van der Waals surface area contributed by atoms with Gasteiger partial charge in [0.2, 0.25) is 6.10 Å². The van der Waals surface area contributed by atoms with E-state index in [4.69, 9.17) is 18.9 Å². The number of ether oxygens (including phenoxy) is 4. The normalized spacial score (nSPS) is 28.1. The zero-order chi connectivity index (χ0) is 31.6. The first kappa shape index (κ1) is 30.3. The Hall–Kier alpha value is -3.69. The Morgan fingerprint density at radius 1 is 1.11 bits per heavy atom. The number of esters is 3. The van der Waals surface area contributed by atoms with E-state index in [1.807, 2.05) is 20.0 Å². The van der Waals surface area contributed by atoms with Crippen LogP contribution in [0.1, 0.15) is 75.3 Å². The number of likely N-dealkylation sites (tertiary alicyclic amines) is 1. The van der Waals surface area contributed by atoms with Crippen molar-refractivity contribution >= 4 is 17.9 Å². The van der Waals surface area contributed by atoms with Crippen LogP contribution in [0.5, 0.6) is 5.75 Å². The summed E-state index contributed by atoms with van der Waals surface area (Å²) in [5.41, 5.74) is 1.01. The maximum atomic E-state index is 13.9. The first-order valence-electron chi connectivity index (χ1n) is 15.4. The van der Waals surface area contributed by atoms with Crippen LogP contribution in [0.15, 0.2) is 54.3 Å². The van der Waals surface area contributed by atoms with Gasteiger partial charge in [0, 0.05) is 23.6 Å². The predicted molar refractivity (Wildman–Crippen MR) is 161 cm³/mol. The average molecular weight is 604 g/mol. The highest BCUT2D eigenvalue weighted by molar-refractivity contribution is 5.84. The smallest absolute Gasteiger partial charge is 0.357 e. The molecule has 234 valence electrons. The van der Waals surface area contributed by atoms with Crippen LogP contribution in [0.2, 0.25) is 0 Å². The molecule has 6 atom stereocenters. The largest absolute Gasteiger partial charge is 0.481 e. The number of carbonyl (C=O) groups is 3. The van der Waals surface area contributed by atoms with Gasteiger partial charge >= 0.3 is 17.9 Å². The lowest BCUT2D eigenvalue weighted by molar-refractivity contribution is -0.177. The van der Waals surface area contributed by atoms with E-state index in [1.54, 1.807) is 64.1 Å². The number of aryl methyl sites for hydroxylation is 1. The van der Waals surface area contributed by atoms with E-state index < -0.39 is 52.7 Å². The molecule has 0 saturated carbocycles. The van der Waals surface area contributed by atoms with Gasteiger partial charge in [-0.25, -0.2) is 4.79 Å². The van der Waals surface area contributed by atoms with E-state index >= 15 is 0 Å². The van der Waals surface area contributed by atoms with Crippen molar-refractivity contribution in [3.05, 3.63) is 76.6 Å². The van der Waals surface area contributed by atoms with Gasteiger partial charge < -0.3 is 29.0 Å². The predicted octanol–water partition coefficient (Wildman–Crippen LogP) is 4.47. The third-order valence-corrected chi connectivity index (χ3v) is 9.64. The first-order valence-corrected chi connectivity index (χ1v) is 15.4. The van der Waals surface area contributed by atoms with Crippen LogP contribution in [-0.4, -0.2) is 64.9 Å². The minimum Gasteiger partial charge on any atom is -0.481 e. The molecule has 1 saturated heterocycles. The molecule has 2 bridgehead atoms. The molecule has 1 fully saturated rings. The highest BCUT2D eigenvalue weighted by Crippen LogP contribution is 2.64. The highest BCUT2D eigenvalue weighted by Gasteiger charge is 2.71. The zero-order valence-electron chi connectivity index (χ0n) is 26.2. The van der Waals surface area contributed by atoms with Gasteiger partial charge in [0.15, 0.2) is 6.10 Å². The molecular formula is C35H41NO8. The maximum Gasteiger partial charge on any atom is 0.357 e. The molecule has 0 aromatic heterocycles. The van der Waals surface area contributed by atoms with Crippen LogP contribution < -0.4 is 4.74 Å². The zero-order valence-corrected chi connectivity index (χ0v) is 26.2. The lowest BCUT2D eigenvalue weighted by Gasteiger charge is -2.61. The van der Waals surface area contributed by atoms with Crippen LogP contribution >= 0.6 is 0 Å². The van der Waals surface area contributed by atoms with Crippen molar-refractivity contribution in [2.75, 3.05) is 13.6 Å². The molecule has 2 aromatic carbocycles. The number of nitrogens with zero attached hydrogens (tertiary/aromatic N) is 1. The second-order valence-corrected chi connectivity index (χ2v) is 13.7. The molecule has 6 rings (SSSR count). The quantitative estimate of drug-likeness (QED) is 0.362. The molecule has 2 aliphatic carbocycles. The molecule has 1 N–H and O–H groups in total. The van der Waals surface area contributed by atoms with Crippen molar-refractivity contribution in [3.8, 4) is 5.75 Å². The minimum absolute atomic E-state index is 0.109. The summed E-state index contributed by atoms with van der Waals surface area (Å²) in [4.78, 5) is 41.7. The molecule has 0 amide bonds. The minimum atomic E-state index is -1.37. The molecule has 2 aromatic rings. The van der Waals surface area contributed by atoms with Gasteiger partial charge in [-0.1, -0.05) is 49.4 Å². The van der Waals surface area contributed by atoms with E-state index in [-0.39, 0.29) is 12.5 Å². The Kier molecular flexibility index (Phi) is 7.40. The summed E-state index contributed by atoms with van der Waals surface area (Å²) in [5.74, 6) is -1.73. The molecule has 2 heterocycles. The fraction of sp³-hybridized carbons (Fsp3) is 0.514. The molecule has 9 nitrogen and oxygen atoms in total. The van der Waals surface area contributed by atoms with Crippen LogP contribution in [0.25, 0.3) is 0 Å². The van der Waals surface area contributed by atoms with Gasteiger partial charge in [0.1, 0.15) is 17.1 Å².